The molecule has 1 aliphatic heterocycles. The number of rotatable bonds is 7. The molecule has 1 aliphatic rings. The van der Waals surface area contributed by atoms with Crippen LogP contribution in [0.4, 0.5) is 0 Å². The van der Waals surface area contributed by atoms with Gasteiger partial charge in [0.25, 0.3) is 0 Å². The van der Waals surface area contributed by atoms with Gasteiger partial charge in [-0.25, -0.2) is 18.4 Å². The fourth-order valence-electron chi connectivity index (χ4n) is 3.43. The number of hydrogen-bond acceptors (Lipinski definition) is 5. The van der Waals surface area contributed by atoms with E-state index in [2.05, 4.69) is 20.6 Å². The number of aryl methyl sites for hydroxylation is 2. The Morgan fingerprint density at radius 3 is 2.50 bits per heavy atom. The van der Waals surface area contributed by atoms with Gasteiger partial charge in [0.15, 0.2) is 5.96 Å². The maximum Gasteiger partial charge on any atom is 0.243 e. The zero-order valence-electron chi connectivity index (χ0n) is 17.9. The van der Waals surface area contributed by atoms with Gasteiger partial charge >= 0.3 is 0 Å². The van der Waals surface area contributed by atoms with E-state index >= 15 is 0 Å². The number of aromatic nitrogens is 1. The van der Waals surface area contributed by atoms with E-state index in [9.17, 15) is 8.42 Å². The van der Waals surface area contributed by atoms with Crippen molar-refractivity contribution in [1.29, 1.82) is 0 Å². The molecule has 0 amide bonds. The topological polar surface area (TPSA) is 99.8 Å². The molecule has 30 heavy (non-hydrogen) atoms. The molecule has 8 nitrogen and oxygen atoms in total. The van der Waals surface area contributed by atoms with Crippen LogP contribution < -0.4 is 10.6 Å². The molecule has 3 rings (SSSR count). The number of benzene rings is 1. The number of sulfonamides is 1. The van der Waals surface area contributed by atoms with Gasteiger partial charge in [0.1, 0.15) is 12.3 Å². The highest BCUT2D eigenvalue weighted by molar-refractivity contribution is 7.89. The molecule has 0 spiro atoms. The Balaban J connectivity index is 1.51. The third-order valence-electron chi connectivity index (χ3n) is 5.30. The summed E-state index contributed by atoms with van der Waals surface area (Å²) >= 11 is 0. The molecule has 0 bridgehead atoms. The van der Waals surface area contributed by atoms with Gasteiger partial charge in [-0.1, -0.05) is 18.2 Å². The quantitative estimate of drug-likeness (QED) is 0.514. The van der Waals surface area contributed by atoms with Crippen LogP contribution in [0.1, 0.15) is 37.1 Å². The lowest BCUT2D eigenvalue weighted by Crippen LogP contribution is -2.44. The summed E-state index contributed by atoms with van der Waals surface area (Å²) in [6.45, 7) is 8.76. The lowest BCUT2D eigenvalue weighted by Gasteiger charge is -2.31. The molecule has 0 unspecified atom stereocenters. The molecule has 9 heteroatoms. The van der Waals surface area contributed by atoms with Gasteiger partial charge in [-0.2, -0.15) is 4.31 Å². The van der Waals surface area contributed by atoms with Crippen molar-refractivity contribution in [1.82, 2.24) is 19.9 Å². The largest absolute Gasteiger partial charge is 0.444 e. The van der Waals surface area contributed by atoms with Crippen LogP contribution in [-0.4, -0.2) is 49.8 Å². The van der Waals surface area contributed by atoms with Crippen LogP contribution in [0.3, 0.4) is 0 Å². The molecule has 2 heterocycles. The Bertz CT molecular complexity index is 929. The maximum absolute atomic E-state index is 12.8. The van der Waals surface area contributed by atoms with Crippen molar-refractivity contribution in [3.05, 3.63) is 47.7 Å². The predicted octanol–water partition coefficient (Wildman–Crippen LogP) is 2.45. The summed E-state index contributed by atoms with van der Waals surface area (Å²) in [5, 5.41) is 6.60. The SMILES string of the molecule is CCNC(=NCc1nc(C)c(C)o1)NCC1CCN(S(=O)(=O)c2ccccc2)CC1. The van der Waals surface area contributed by atoms with Gasteiger partial charge in [0.05, 0.1) is 10.6 Å². The lowest BCUT2D eigenvalue weighted by atomic mass is 9.98. The minimum Gasteiger partial charge on any atom is -0.444 e. The van der Waals surface area contributed by atoms with E-state index in [1.54, 1.807) is 28.6 Å². The Labute approximate surface area is 178 Å². The standard InChI is InChI=1S/C21H31N5O3S/c1-4-22-21(24-15-20-25-16(2)17(3)29-20)23-14-18-10-12-26(13-11-18)30(27,28)19-8-6-5-7-9-19/h5-9,18H,4,10-15H2,1-3H3,(H2,22,23,24). The van der Waals surface area contributed by atoms with E-state index in [-0.39, 0.29) is 0 Å². The minimum absolute atomic E-state index is 0.361. The van der Waals surface area contributed by atoms with E-state index < -0.39 is 10.0 Å². The Morgan fingerprint density at radius 2 is 1.90 bits per heavy atom. The summed E-state index contributed by atoms with van der Waals surface area (Å²) < 4.78 is 32.7. The summed E-state index contributed by atoms with van der Waals surface area (Å²) in [5.74, 6) is 2.52. The molecule has 1 fully saturated rings. The summed E-state index contributed by atoms with van der Waals surface area (Å²) in [7, 11) is -3.41. The van der Waals surface area contributed by atoms with Crippen LogP contribution in [0.5, 0.6) is 0 Å². The number of hydrogen-bond donors (Lipinski definition) is 2. The van der Waals surface area contributed by atoms with Crippen molar-refractivity contribution in [3.8, 4) is 0 Å². The molecule has 0 aliphatic carbocycles. The van der Waals surface area contributed by atoms with Gasteiger partial charge in [-0.05, 0) is 51.7 Å². The van der Waals surface area contributed by atoms with Crippen molar-refractivity contribution in [3.63, 3.8) is 0 Å². The second-order valence-electron chi connectivity index (χ2n) is 7.49. The smallest absolute Gasteiger partial charge is 0.243 e. The Morgan fingerprint density at radius 1 is 1.20 bits per heavy atom. The van der Waals surface area contributed by atoms with Gasteiger partial charge in [0.2, 0.25) is 15.9 Å². The average molecular weight is 434 g/mol. The third-order valence-corrected chi connectivity index (χ3v) is 7.22. The molecule has 0 atom stereocenters. The maximum atomic E-state index is 12.8. The summed E-state index contributed by atoms with van der Waals surface area (Å²) in [6.07, 6.45) is 1.63. The number of nitrogens with zero attached hydrogens (tertiary/aromatic N) is 3. The molecule has 1 aromatic carbocycles. The van der Waals surface area contributed by atoms with E-state index in [0.717, 1.165) is 37.4 Å². The van der Waals surface area contributed by atoms with Crippen LogP contribution in [0.15, 0.2) is 44.6 Å². The van der Waals surface area contributed by atoms with Crippen molar-refractivity contribution >= 4 is 16.0 Å². The molecule has 1 aromatic heterocycles. The first-order valence-corrected chi connectivity index (χ1v) is 11.8. The fourth-order valence-corrected chi connectivity index (χ4v) is 4.92. The van der Waals surface area contributed by atoms with Crippen LogP contribution in [0, 0.1) is 19.8 Å². The molecule has 2 N–H and O–H groups in total. The first-order valence-electron chi connectivity index (χ1n) is 10.4. The summed E-state index contributed by atoms with van der Waals surface area (Å²) in [5.41, 5.74) is 0.885. The van der Waals surface area contributed by atoms with Gasteiger partial charge in [-0.15, -0.1) is 0 Å². The number of piperidine rings is 1. The van der Waals surface area contributed by atoms with E-state index in [1.807, 2.05) is 26.8 Å². The molecular formula is C21H31N5O3S. The van der Waals surface area contributed by atoms with Crippen molar-refractivity contribution in [2.75, 3.05) is 26.2 Å². The first kappa shape index (κ1) is 22.3. The molecule has 164 valence electrons. The zero-order valence-corrected chi connectivity index (χ0v) is 18.7. The van der Waals surface area contributed by atoms with Crippen molar-refractivity contribution in [2.24, 2.45) is 10.9 Å². The average Bonchev–Trinajstić information content (AvgIpc) is 3.08. The van der Waals surface area contributed by atoms with Gasteiger partial charge in [-0.3, -0.25) is 0 Å². The monoisotopic (exact) mass is 433 g/mol. The van der Waals surface area contributed by atoms with E-state index in [1.165, 1.54) is 0 Å². The normalized spacial score (nSPS) is 16.6. The number of aliphatic imine (C=N–C) groups is 1. The second kappa shape index (κ2) is 10.1. The third kappa shape index (κ3) is 5.60. The summed E-state index contributed by atoms with van der Waals surface area (Å²) in [4.78, 5) is 9.27. The second-order valence-corrected chi connectivity index (χ2v) is 9.42. The number of guanidine groups is 1. The fraction of sp³-hybridized carbons (Fsp3) is 0.524. The van der Waals surface area contributed by atoms with Crippen LogP contribution >= 0.6 is 0 Å². The molecular weight excluding hydrogens is 402 g/mol. The Kier molecular flexibility index (Phi) is 7.49. The number of oxazole rings is 1. The van der Waals surface area contributed by atoms with Crippen molar-refractivity contribution in [2.45, 2.75) is 45.1 Å². The van der Waals surface area contributed by atoms with Gasteiger partial charge < -0.3 is 15.1 Å². The highest BCUT2D eigenvalue weighted by Gasteiger charge is 2.29. The minimum atomic E-state index is -3.41. The highest BCUT2D eigenvalue weighted by atomic mass is 32.2. The summed E-state index contributed by atoms with van der Waals surface area (Å²) in [6, 6.07) is 8.64. The number of nitrogens with one attached hydrogen (secondary N) is 2. The molecule has 1 saturated heterocycles. The van der Waals surface area contributed by atoms with Crippen LogP contribution in [-0.2, 0) is 16.6 Å². The van der Waals surface area contributed by atoms with E-state index in [4.69, 9.17) is 4.42 Å². The van der Waals surface area contributed by atoms with Crippen LogP contribution in [0.25, 0.3) is 0 Å². The van der Waals surface area contributed by atoms with Crippen molar-refractivity contribution < 1.29 is 12.8 Å². The predicted molar refractivity (Wildman–Crippen MR) is 117 cm³/mol. The first-order chi connectivity index (χ1) is 14.4. The Hall–Kier alpha value is -2.39. The zero-order chi connectivity index (χ0) is 21.6. The van der Waals surface area contributed by atoms with Gasteiger partial charge in [0, 0.05) is 26.2 Å². The van der Waals surface area contributed by atoms with Crippen LogP contribution in [0.2, 0.25) is 0 Å². The molecule has 0 saturated carbocycles. The lowest BCUT2D eigenvalue weighted by molar-refractivity contribution is 0.273. The molecule has 2 aromatic rings. The molecule has 0 radical (unpaired) electrons. The van der Waals surface area contributed by atoms with E-state index in [0.29, 0.717) is 42.3 Å². The highest BCUT2D eigenvalue weighted by Crippen LogP contribution is 2.23.